The van der Waals surface area contributed by atoms with Crippen molar-refractivity contribution in [2.24, 2.45) is 5.16 Å². The van der Waals surface area contributed by atoms with Crippen molar-refractivity contribution >= 4 is 34.1 Å². The Kier molecular flexibility index (Phi) is 3.69. The molecule has 3 heterocycles. The van der Waals surface area contributed by atoms with Crippen LogP contribution in [0.1, 0.15) is 4.88 Å². The molecule has 22 heavy (non-hydrogen) atoms. The van der Waals surface area contributed by atoms with Gasteiger partial charge >= 0.3 is 12.1 Å². The summed E-state index contributed by atoms with van der Waals surface area (Å²) in [5.41, 5.74) is -1.87. The molecule has 0 aliphatic carbocycles. The molecule has 1 saturated heterocycles. The fraction of sp³-hybridized carbons (Fsp3) is 0.385. The number of ether oxygens (including phenoxy) is 1. The summed E-state index contributed by atoms with van der Waals surface area (Å²) in [6.45, 7) is 1.48. The Bertz CT molecular complexity index is 660. The van der Waals surface area contributed by atoms with Crippen LogP contribution >= 0.6 is 11.3 Å². The van der Waals surface area contributed by atoms with Gasteiger partial charge in [-0.1, -0.05) is 5.16 Å². The largest absolute Gasteiger partial charge is 0.437 e. The maximum Gasteiger partial charge on any atom is 0.437 e. The third-order valence-electron chi connectivity index (χ3n) is 3.36. The molecule has 9 heteroatoms. The lowest BCUT2D eigenvalue weighted by molar-refractivity contribution is -0.136. The van der Waals surface area contributed by atoms with Gasteiger partial charge in [0, 0.05) is 25.1 Å². The van der Waals surface area contributed by atoms with E-state index in [1.54, 1.807) is 19.2 Å². The van der Waals surface area contributed by atoms with Crippen LogP contribution in [0.25, 0.3) is 6.08 Å². The molecule has 0 aromatic carbocycles. The Morgan fingerprint density at radius 3 is 2.82 bits per heavy atom. The first-order valence-electron chi connectivity index (χ1n) is 6.34. The number of anilines is 1. The van der Waals surface area contributed by atoms with Gasteiger partial charge in [-0.2, -0.15) is 13.2 Å². The molecule has 2 aliphatic heterocycles. The van der Waals surface area contributed by atoms with E-state index in [4.69, 9.17) is 4.74 Å². The quantitative estimate of drug-likeness (QED) is 0.630. The van der Waals surface area contributed by atoms with E-state index in [0.29, 0.717) is 4.88 Å². The number of methoxy groups -OCH3 is 1. The smallest absolute Gasteiger partial charge is 0.378 e. The summed E-state index contributed by atoms with van der Waals surface area (Å²) < 4.78 is 43.4. The van der Waals surface area contributed by atoms with E-state index in [0.717, 1.165) is 24.2 Å². The van der Waals surface area contributed by atoms with Gasteiger partial charge in [-0.25, -0.2) is 4.79 Å². The molecular formula is C13H11F3N2O3S. The second-order valence-electron chi connectivity index (χ2n) is 4.81. The molecule has 1 fully saturated rings. The van der Waals surface area contributed by atoms with Crippen LogP contribution in [0, 0.1) is 0 Å². The van der Waals surface area contributed by atoms with Crippen LogP contribution in [0.3, 0.4) is 0 Å². The van der Waals surface area contributed by atoms with Crippen molar-refractivity contribution in [3.05, 3.63) is 22.6 Å². The highest BCUT2D eigenvalue weighted by Gasteiger charge is 2.45. The first kappa shape index (κ1) is 15.0. The third-order valence-corrected chi connectivity index (χ3v) is 4.45. The van der Waals surface area contributed by atoms with Gasteiger partial charge in [0.2, 0.25) is 0 Å². The molecular weight excluding hydrogens is 321 g/mol. The number of carbonyl (C=O) groups excluding carboxylic acids is 1. The Morgan fingerprint density at radius 1 is 1.45 bits per heavy atom. The average molecular weight is 332 g/mol. The zero-order valence-corrected chi connectivity index (χ0v) is 12.2. The summed E-state index contributed by atoms with van der Waals surface area (Å²) in [6.07, 6.45) is -3.39. The summed E-state index contributed by atoms with van der Waals surface area (Å²) in [6, 6.07) is 3.46. The van der Waals surface area contributed by atoms with Gasteiger partial charge in [0.1, 0.15) is 0 Å². The number of hydrogen-bond donors (Lipinski definition) is 0. The summed E-state index contributed by atoms with van der Waals surface area (Å²) >= 11 is 1.29. The van der Waals surface area contributed by atoms with Crippen LogP contribution in [0.4, 0.5) is 18.2 Å². The highest BCUT2D eigenvalue weighted by molar-refractivity contribution is 7.17. The van der Waals surface area contributed by atoms with E-state index < -0.39 is 23.4 Å². The summed E-state index contributed by atoms with van der Waals surface area (Å²) in [5, 5.41) is 3.72. The molecule has 0 saturated carbocycles. The lowest BCUT2D eigenvalue weighted by atomic mass is 10.1. The average Bonchev–Trinajstić information content (AvgIpc) is 2.97. The van der Waals surface area contributed by atoms with Crippen molar-refractivity contribution in [1.82, 2.24) is 0 Å². The molecule has 0 unspecified atom stereocenters. The molecule has 2 aliphatic rings. The standard InChI is InChI=1S/C13H11F3N2O3S/c1-20-7-5-18(6-7)10-3-2-8(22-10)4-9-11(13(14,15)16)17-21-12(9)19/h2-4,7H,5-6H2,1H3/b9-4-. The van der Waals surface area contributed by atoms with Crippen molar-refractivity contribution in [3.63, 3.8) is 0 Å². The molecule has 0 N–H and O–H groups in total. The molecule has 5 nitrogen and oxygen atoms in total. The Hall–Kier alpha value is -1.87. The second-order valence-corrected chi connectivity index (χ2v) is 5.91. The second kappa shape index (κ2) is 5.40. The first-order chi connectivity index (χ1) is 10.4. The monoisotopic (exact) mass is 332 g/mol. The van der Waals surface area contributed by atoms with Crippen molar-refractivity contribution in [1.29, 1.82) is 0 Å². The maximum absolute atomic E-state index is 12.7. The molecule has 0 atom stereocenters. The van der Waals surface area contributed by atoms with Crippen LogP contribution in [0.2, 0.25) is 0 Å². The van der Waals surface area contributed by atoms with Crippen molar-refractivity contribution in [3.8, 4) is 0 Å². The molecule has 1 aromatic rings. The van der Waals surface area contributed by atoms with E-state index >= 15 is 0 Å². The highest BCUT2D eigenvalue weighted by atomic mass is 32.1. The maximum atomic E-state index is 12.7. The van der Waals surface area contributed by atoms with Gasteiger partial charge in [0.05, 0.1) is 16.7 Å². The van der Waals surface area contributed by atoms with Gasteiger partial charge in [-0.3, -0.25) is 0 Å². The zero-order valence-electron chi connectivity index (χ0n) is 11.4. The minimum absolute atomic E-state index is 0.178. The van der Waals surface area contributed by atoms with Gasteiger partial charge in [0.15, 0.2) is 5.71 Å². The SMILES string of the molecule is COC1CN(c2ccc(/C=C3\C(=O)ON=C3C(F)(F)F)s2)C1. The van der Waals surface area contributed by atoms with E-state index in [9.17, 15) is 18.0 Å². The van der Waals surface area contributed by atoms with E-state index in [-0.39, 0.29) is 6.10 Å². The van der Waals surface area contributed by atoms with E-state index in [2.05, 4.69) is 9.99 Å². The number of halogens is 3. The Balaban J connectivity index is 1.79. The lowest BCUT2D eigenvalue weighted by Crippen LogP contribution is -2.51. The van der Waals surface area contributed by atoms with Crippen molar-refractivity contribution in [2.45, 2.75) is 12.3 Å². The minimum atomic E-state index is -4.72. The molecule has 3 rings (SSSR count). The van der Waals surface area contributed by atoms with E-state index in [1.807, 2.05) is 4.90 Å². The molecule has 0 spiro atoms. The topological polar surface area (TPSA) is 51.1 Å². The summed E-state index contributed by atoms with van der Waals surface area (Å²) in [7, 11) is 1.63. The van der Waals surface area contributed by atoms with Crippen LogP contribution in [0.5, 0.6) is 0 Å². The number of hydrogen-bond acceptors (Lipinski definition) is 6. The molecule has 0 amide bonds. The van der Waals surface area contributed by atoms with Crippen LogP contribution in [0.15, 0.2) is 22.9 Å². The Labute approximate surface area is 127 Å². The number of oxime groups is 1. The number of thiophene rings is 1. The predicted molar refractivity (Wildman–Crippen MR) is 74.9 cm³/mol. The zero-order chi connectivity index (χ0) is 15.9. The lowest BCUT2D eigenvalue weighted by Gasteiger charge is -2.38. The number of rotatable bonds is 3. The van der Waals surface area contributed by atoms with Gasteiger partial charge in [-0.05, 0) is 18.2 Å². The molecule has 1 aromatic heterocycles. The summed E-state index contributed by atoms with van der Waals surface area (Å²) in [5.74, 6) is -1.09. The van der Waals surface area contributed by atoms with Crippen molar-refractivity contribution < 1.29 is 27.5 Å². The van der Waals surface area contributed by atoms with Crippen LogP contribution < -0.4 is 4.90 Å². The van der Waals surface area contributed by atoms with Gasteiger partial charge < -0.3 is 14.5 Å². The minimum Gasteiger partial charge on any atom is -0.378 e. The van der Waals surface area contributed by atoms with E-state index in [1.165, 1.54) is 11.3 Å². The predicted octanol–water partition coefficient (Wildman–Crippen LogP) is 2.44. The normalized spacial score (nSPS) is 21.1. The number of carbonyl (C=O) groups is 1. The van der Waals surface area contributed by atoms with Crippen LogP contribution in [-0.2, 0) is 14.4 Å². The summed E-state index contributed by atoms with van der Waals surface area (Å²) in [4.78, 5) is 18.1. The molecule has 0 bridgehead atoms. The van der Waals surface area contributed by atoms with Gasteiger partial charge in [0.25, 0.3) is 0 Å². The fourth-order valence-corrected chi connectivity index (χ4v) is 3.08. The highest BCUT2D eigenvalue weighted by Crippen LogP contribution is 2.33. The first-order valence-corrected chi connectivity index (χ1v) is 7.16. The number of alkyl halides is 3. The molecule has 0 radical (unpaired) electrons. The molecule has 118 valence electrons. The third kappa shape index (κ3) is 2.73. The van der Waals surface area contributed by atoms with Crippen molar-refractivity contribution in [2.75, 3.05) is 25.1 Å². The van der Waals surface area contributed by atoms with Gasteiger partial charge in [-0.15, -0.1) is 11.3 Å². The Morgan fingerprint density at radius 2 is 2.18 bits per heavy atom. The fourth-order valence-electron chi connectivity index (χ4n) is 2.11. The number of nitrogens with zero attached hydrogens (tertiary/aromatic N) is 2. The van der Waals surface area contributed by atoms with Crippen LogP contribution in [-0.4, -0.2) is 44.2 Å².